The van der Waals surface area contributed by atoms with Gasteiger partial charge >= 0.3 is 0 Å². The van der Waals surface area contributed by atoms with Crippen molar-refractivity contribution in [3.05, 3.63) is 42.0 Å². The highest BCUT2D eigenvalue weighted by molar-refractivity contribution is 14.0. The predicted octanol–water partition coefficient (Wildman–Crippen LogP) is 4.12. The Hall–Kier alpha value is -0.310. The van der Waals surface area contributed by atoms with Crippen molar-refractivity contribution in [2.75, 3.05) is 0 Å². The van der Waals surface area contributed by atoms with Crippen LogP contribution in [0.25, 0.3) is 6.08 Å². The van der Waals surface area contributed by atoms with E-state index in [0.29, 0.717) is 0 Å². The predicted molar refractivity (Wildman–Crippen MR) is 65.8 cm³/mol. The molecule has 0 aromatic heterocycles. The zero-order valence-electron chi connectivity index (χ0n) is 7.36. The minimum Gasteiger partial charge on any atom is -0.107 e. The first-order valence-electron chi connectivity index (χ1n) is 4.15. The van der Waals surface area contributed by atoms with E-state index in [4.69, 9.17) is 0 Å². The minimum atomic E-state index is 0. The van der Waals surface area contributed by atoms with Crippen LogP contribution in [0.3, 0.4) is 0 Å². The number of unbranched alkanes of at least 4 members (excludes halogenated alkanes) is 1. The van der Waals surface area contributed by atoms with Gasteiger partial charge in [-0.1, -0.05) is 55.8 Å². The summed E-state index contributed by atoms with van der Waals surface area (Å²) in [6.07, 6.45) is 6.79. The minimum absolute atomic E-state index is 0. The molecule has 12 heavy (non-hydrogen) atoms. The third kappa shape index (κ3) is 4.54. The van der Waals surface area contributed by atoms with Crippen LogP contribution in [0.1, 0.15) is 25.3 Å². The molecule has 0 amide bonds. The van der Waals surface area contributed by atoms with E-state index >= 15 is 0 Å². The van der Waals surface area contributed by atoms with Crippen LogP contribution in [0.5, 0.6) is 0 Å². The molecular formula is C11H15I. The fraction of sp³-hybridized carbons (Fsp3) is 0.273. The monoisotopic (exact) mass is 274 g/mol. The van der Waals surface area contributed by atoms with E-state index in [1.807, 2.05) is 6.07 Å². The Morgan fingerprint density at radius 1 is 1.17 bits per heavy atom. The highest BCUT2D eigenvalue weighted by Crippen LogP contribution is 2.02. The van der Waals surface area contributed by atoms with E-state index in [2.05, 4.69) is 43.3 Å². The van der Waals surface area contributed by atoms with Gasteiger partial charge in [-0.3, -0.25) is 0 Å². The fourth-order valence-corrected chi connectivity index (χ4v) is 0.950. The van der Waals surface area contributed by atoms with E-state index < -0.39 is 0 Å². The SMILES string of the molecule is CCCC=Cc1ccccc1.I. The lowest BCUT2D eigenvalue weighted by Gasteiger charge is -1.89. The third-order valence-corrected chi connectivity index (χ3v) is 1.57. The summed E-state index contributed by atoms with van der Waals surface area (Å²) >= 11 is 0. The Bertz CT molecular complexity index is 214. The largest absolute Gasteiger partial charge is 0.107 e. The molecule has 0 fully saturated rings. The van der Waals surface area contributed by atoms with Crippen molar-refractivity contribution in [1.82, 2.24) is 0 Å². The van der Waals surface area contributed by atoms with Crippen molar-refractivity contribution in [3.8, 4) is 0 Å². The van der Waals surface area contributed by atoms with Crippen LogP contribution >= 0.6 is 24.0 Å². The second-order valence-corrected chi connectivity index (χ2v) is 2.60. The number of rotatable bonds is 3. The molecule has 1 aromatic carbocycles. The number of hydrogen-bond acceptors (Lipinski definition) is 0. The molecule has 1 rings (SSSR count). The number of benzene rings is 1. The van der Waals surface area contributed by atoms with Crippen molar-refractivity contribution in [1.29, 1.82) is 0 Å². The van der Waals surface area contributed by atoms with E-state index in [1.165, 1.54) is 18.4 Å². The molecule has 0 unspecified atom stereocenters. The molecule has 0 aliphatic rings. The maximum Gasteiger partial charge on any atom is -0.0260 e. The van der Waals surface area contributed by atoms with E-state index in [-0.39, 0.29) is 24.0 Å². The molecule has 1 aromatic rings. The lowest BCUT2D eigenvalue weighted by atomic mass is 10.2. The molecule has 0 N–H and O–H groups in total. The first-order chi connectivity index (χ1) is 5.43. The lowest BCUT2D eigenvalue weighted by Crippen LogP contribution is -1.68. The summed E-state index contributed by atoms with van der Waals surface area (Å²) < 4.78 is 0. The van der Waals surface area contributed by atoms with Gasteiger partial charge in [0.2, 0.25) is 0 Å². The molecule has 0 spiro atoms. The average molecular weight is 274 g/mol. The molecule has 0 bridgehead atoms. The number of allylic oxidation sites excluding steroid dienone is 1. The van der Waals surface area contributed by atoms with Crippen LogP contribution < -0.4 is 0 Å². The van der Waals surface area contributed by atoms with Gasteiger partial charge in [0.05, 0.1) is 0 Å². The summed E-state index contributed by atoms with van der Waals surface area (Å²) in [4.78, 5) is 0. The number of halogens is 1. The maximum absolute atomic E-state index is 2.22. The Morgan fingerprint density at radius 3 is 2.42 bits per heavy atom. The molecule has 0 nitrogen and oxygen atoms in total. The van der Waals surface area contributed by atoms with Crippen molar-refractivity contribution < 1.29 is 0 Å². The zero-order chi connectivity index (χ0) is 7.94. The van der Waals surface area contributed by atoms with Crippen LogP contribution in [-0.2, 0) is 0 Å². The smallest absolute Gasteiger partial charge is 0.0260 e. The molecule has 0 heterocycles. The van der Waals surface area contributed by atoms with Crippen LogP contribution in [0.4, 0.5) is 0 Å². The quantitative estimate of drug-likeness (QED) is 0.727. The summed E-state index contributed by atoms with van der Waals surface area (Å²) in [6.45, 7) is 2.19. The van der Waals surface area contributed by atoms with Gasteiger partial charge < -0.3 is 0 Å². The Morgan fingerprint density at radius 2 is 1.83 bits per heavy atom. The van der Waals surface area contributed by atoms with Gasteiger partial charge in [0.1, 0.15) is 0 Å². The first kappa shape index (κ1) is 11.7. The van der Waals surface area contributed by atoms with E-state index in [0.717, 1.165) is 0 Å². The van der Waals surface area contributed by atoms with E-state index in [9.17, 15) is 0 Å². The second-order valence-electron chi connectivity index (χ2n) is 2.60. The normalized spacial score (nSPS) is 9.75. The molecule has 0 saturated heterocycles. The van der Waals surface area contributed by atoms with Gasteiger partial charge in [-0.25, -0.2) is 0 Å². The Balaban J connectivity index is 0.00000121. The van der Waals surface area contributed by atoms with Gasteiger partial charge in [0.25, 0.3) is 0 Å². The average Bonchev–Trinajstić information content (AvgIpc) is 2.07. The molecule has 0 aliphatic carbocycles. The number of hydrogen-bond donors (Lipinski definition) is 0. The van der Waals surface area contributed by atoms with Gasteiger partial charge in [0.15, 0.2) is 0 Å². The van der Waals surface area contributed by atoms with Crippen molar-refractivity contribution >= 4 is 30.1 Å². The van der Waals surface area contributed by atoms with Crippen molar-refractivity contribution in [3.63, 3.8) is 0 Å². The van der Waals surface area contributed by atoms with Crippen LogP contribution in [0, 0.1) is 0 Å². The maximum atomic E-state index is 2.22. The molecule has 0 aliphatic heterocycles. The van der Waals surface area contributed by atoms with Gasteiger partial charge in [0, 0.05) is 0 Å². The first-order valence-corrected chi connectivity index (χ1v) is 4.15. The van der Waals surface area contributed by atoms with Crippen LogP contribution in [-0.4, -0.2) is 0 Å². The summed E-state index contributed by atoms with van der Waals surface area (Å²) in [7, 11) is 0. The molecular weight excluding hydrogens is 259 g/mol. The Kier molecular flexibility index (Phi) is 7.16. The van der Waals surface area contributed by atoms with Gasteiger partial charge in [-0.05, 0) is 12.0 Å². The second kappa shape index (κ2) is 7.35. The van der Waals surface area contributed by atoms with E-state index in [1.54, 1.807) is 0 Å². The van der Waals surface area contributed by atoms with Gasteiger partial charge in [-0.15, -0.1) is 24.0 Å². The lowest BCUT2D eigenvalue weighted by molar-refractivity contribution is 0.962. The van der Waals surface area contributed by atoms with Crippen molar-refractivity contribution in [2.45, 2.75) is 19.8 Å². The molecule has 1 heteroatoms. The summed E-state index contributed by atoms with van der Waals surface area (Å²) in [5, 5.41) is 0. The zero-order valence-corrected chi connectivity index (χ0v) is 9.69. The summed E-state index contributed by atoms with van der Waals surface area (Å²) in [6, 6.07) is 10.4. The topological polar surface area (TPSA) is 0 Å². The standard InChI is InChI=1S/C11H14.HI/c1-2-3-5-8-11-9-6-4-7-10-11;/h4-10H,2-3H2,1H3;1H. The summed E-state index contributed by atoms with van der Waals surface area (Å²) in [5.41, 5.74) is 1.29. The Labute approximate surface area is 91.7 Å². The van der Waals surface area contributed by atoms with Crippen LogP contribution in [0.15, 0.2) is 36.4 Å². The molecule has 0 atom stereocenters. The van der Waals surface area contributed by atoms with Crippen molar-refractivity contribution in [2.24, 2.45) is 0 Å². The summed E-state index contributed by atoms with van der Waals surface area (Å²) in [5.74, 6) is 0. The van der Waals surface area contributed by atoms with Crippen LogP contribution in [0.2, 0.25) is 0 Å². The fourth-order valence-electron chi connectivity index (χ4n) is 0.950. The molecule has 0 saturated carbocycles. The molecule has 0 radical (unpaired) electrons. The molecule has 66 valence electrons. The highest BCUT2D eigenvalue weighted by atomic mass is 127. The third-order valence-electron chi connectivity index (χ3n) is 1.57. The highest BCUT2D eigenvalue weighted by Gasteiger charge is 1.80. The van der Waals surface area contributed by atoms with Gasteiger partial charge in [-0.2, -0.15) is 0 Å².